The maximum Gasteiger partial charge on any atom is 0.425 e. The summed E-state index contributed by atoms with van der Waals surface area (Å²) < 4.78 is 51.4. The summed E-state index contributed by atoms with van der Waals surface area (Å²) in [7, 11) is 1.24. The Hall–Kier alpha value is -4.07. The first-order valence-corrected chi connectivity index (χ1v) is 10.3. The highest BCUT2D eigenvalue weighted by Crippen LogP contribution is 2.37. The van der Waals surface area contributed by atoms with Crippen LogP contribution < -0.4 is 9.47 Å². The largest absolute Gasteiger partial charge is 0.494 e. The second-order valence-electron chi connectivity index (χ2n) is 7.80. The summed E-state index contributed by atoms with van der Waals surface area (Å²) in [6, 6.07) is 8.00. The predicted octanol–water partition coefficient (Wildman–Crippen LogP) is 3.94. The summed E-state index contributed by atoms with van der Waals surface area (Å²) in [4.78, 5) is 19.0. The van der Waals surface area contributed by atoms with E-state index >= 15 is 0 Å². The first-order chi connectivity index (χ1) is 16.1. The third-order valence-electron chi connectivity index (χ3n) is 5.43. The van der Waals surface area contributed by atoms with Gasteiger partial charge in [-0.2, -0.15) is 23.5 Å². The number of carbonyl (C=O) groups excluding carboxylic acids is 1. The lowest BCUT2D eigenvalue weighted by molar-refractivity contribution is -0.189. The summed E-state index contributed by atoms with van der Waals surface area (Å²) in [6.45, 7) is 3.03. The van der Waals surface area contributed by atoms with Crippen molar-refractivity contribution in [3.63, 3.8) is 0 Å². The van der Waals surface area contributed by atoms with Crippen molar-refractivity contribution < 1.29 is 27.4 Å². The van der Waals surface area contributed by atoms with Gasteiger partial charge in [-0.15, -0.1) is 0 Å². The number of aryl methyl sites for hydroxylation is 1. The van der Waals surface area contributed by atoms with Crippen molar-refractivity contribution >= 4 is 5.91 Å². The Morgan fingerprint density at radius 1 is 1.26 bits per heavy atom. The Morgan fingerprint density at radius 2 is 2.03 bits per heavy atom. The molecule has 2 aromatic heterocycles. The number of ether oxygens (including phenoxy) is 2. The molecule has 34 heavy (non-hydrogen) atoms. The van der Waals surface area contributed by atoms with Crippen LogP contribution in [-0.2, 0) is 13.1 Å². The summed E-state index contributed by atoms with van der Waals surface area (Å²) in [5.41, 5.74) is 2.87. The minimum absolute atomic E-state index is 0.00745. The number of alkyl halides is 3. The highest BCUT2D eigenvalue weighted by Gasteiger charge is 2.40. The van der Waals surface area contributed by atoms with Crippen LogP contribution in [0.25, 0.3) is 5.69 Å². The van der Waals surface area contributed by atoms with E-state index in [-0.39, 0.29) is 35.7 Å². The van der Waals surface area contributed by atoms with Gasteiger partial charge < -0.3 is 14.4 Å². The third-order valence-corrected chi connectivity index (χ3v) is 5.43. The van der Waals surface area contributed by atoms with E-state index in [1.54, 1.807) is 17.1 Å². The van der Waals surface area contributed by atoms with E-state index in [1.165, 1.54) is 24.1 Å². The van der Waals surface area contributed by atoms with Crippen molar-refractivity contribution in [1.29, 1.82) is 5.26 Å². The maximum absolute atomic E-state index is 13.4. The quantitative estimate of drug-likeness (QED) is 0.560. The highest BCUT2D eigenvalue weighted by atomic mass is 19.4. The van der Waals surface area contributed by atoms with Crippen molar-refractivity contribution in [2.75, 3.05) is 7.11 Å². The molecule has 1 amide bonds. The lowest BCUT2D eigenvalue weighted by Gasteiger charge is -2.23. The van der Waals surface area contributed by atoms with E-state index in [0.717, 1.165) is 23.9 Å². The van der Waals surface area contributed by atoms with Gasteiger partial charge in [0, 0.05) is 30.2 Å². The molecule has 1 atom stereocenters. The Labute approximate surface area is 193 Å². The average Bonchev–Trinajstić information content (AvgIpc) is 3.37. The van der Waals surface area contributed by atoms with Crippen LogP contribution >= 0.6 is 0 Å². The van der Waals surface area contributed by atoms with Gasteiger partial charge in [-0.1, -0.05) is 0 Å². The Balaban J connectivity index is 1.65. The minimum Gasteiger partial charge on any atom is -0.494 e. The second-order valence-corrected chi connectivity index (χ2v) is 7.80. The lowest BCUT2D eigenvalue weighted by Crippen LogP contribution is -2.33. The number of amides is 1. The summed E-state index contributed by atoms with van der Waals surface area (Å²) in [6.07, 6.45) is -3.34. The molecule has 3 aromatic rings. The SMILES string of the molecule is COc1c(C#N)ccc(O[C@@H](C)C(F)(F)F)c1C(=O)N1Cc2cn(-c3ccnc(C)c3)nc2C1. The molecule has 4 rings (SSSR count). The zero-order valence-corrected chi connectivity index (χ0v) is 18.6. The fraction of sp³-hybridized carbons (Fsp3) is 0.304. The Bertz CT molecular complexity index is 1270. The molecular weight excluding hydrogens is 451 g/mol. The molecule has 0 bridgehead atoms. The molecule has 1 aromatic carbocycles. The molecule has 0 unspecified atom stereocenters. The van der Waals surface area contributed by atoms with Crippen LogP contribution in [0.15, 0.2) is 36.7 Å². The van der Waals surface area contributed by atoms with Gasteiger partial charge in [0.15, 0.2) is 11.9 Å². The number of rotatable bonds is 5. The number of methoxy groups -OCH3 is 1. The average molecular weight is 471 g/mol. The summed E-state index contributed by atoms with van der Waals surface area (Å²) >= 11 is 0. The van der Waals surface area contributed by atoms with Crippen molar-refractivity contribution in [3.05, 3.63) is 64.7 Å². The van der Waals surface area contributed by atoms with Crippen LogP contribution in [0.5, 0.6) is 11.5 Å². The van der Waals surface area contributed by atoms with Crippen molar-refractivity contribution in [1.82, 2.24) is 19.7 Å². The molecule has 3 heterocycles. The Kier molecular flexibility index (Phi) is 5.91. The van der Waals surface area contributed by atoms with Gasteiger partial charge >= 0.3 is 6.18 Å². The molecule has 0 radical (unpaired) electrons. The topological polar surface area (TPSA) is 93.3 Å². The van der Waals surface area contributed by atoms with Gasteiger partial charge in [-0.3, -0.25) is 9.78 Å². The van der Waals surface area contributed by atoms with Crippen LogP contribution in [0, 0.1) is 18.3 Å². The van der Waals surface area contributed by atoms with Crippen LogP contribution in [-0.4, -0.2) is 45.0 Å². The van der Waals surface area contributed by atoms with Gasteiger partial charge in [-0.25, -0.2) is 4.68 Å². The molecule has 0 fully saturated rings. The van der Waals surface area contributed by atoms with E-state index < -0.39 is 18.2 Å². The first kappa shape index (κ1) is 23.1. The number of aromatic nitrogens is 3. The first-order valence-electron chi connectivity index (χ1n) is 10.3. The molecule has 1 aliphatic heterocycles. The standard InChI is InChI=1S/C23H20F3N5O3/c1-13-8-17(6-7-28-13)31-11-16-10-30(12-18(16)29-31)22(32)20-19(34-14(2)23(24,25)26)5-4-15(9-27)21(20)33-3/h4-8,11,14H,10,12H2,1-3H3/t14-/m0/s1. The maximum atomic E-state index is 13.4. The fourth-order valence-corrected chi connectivity index (χ4v) is 3.68. The molecule has 0 N–H and O–H groups in total. The number of carbonyl (C=O) groups is 1. The number of hydrogen-bond donors (Lipinski definition) is 0. The predicted molar refractivity (Wildman–Crippen MR) is 114 cm³/mol. The fourth-order valence-electron chi connectivity index (χ4n) is 3.68. The summed E-state index contributed by atoms with van der Waals surface area (Å²) in [5.74, 6) is -1.07. The molecule has 1 aliphatic rings. The van der Waals surface area contributed by atoms with Crippen molar-refractivity contribution in [2.45, 2.75) is 39.2 Å². The smallest absolute Gasteiger partial charge is 0.425 e. The number of nitriles is 1. The molecule has 8 nitrogen and oxygen atoms in total. The normalized spacial score (nSPS) is 13.9. The van der Waals surface area contributed by atoms with E-state index in [4.69, 9.17) is 9.47 Å². The monoisotopic (exact) mass is 471 g/mol. The number of benzene rings is 1. The van der Waals surface area contributed by atoms with Crippen LogP contribution in [0.4, 0.5) is 13.2 Å². The Morgan fingerprint density at radius 3 is 2.65 bits per heavy atom. The number of fused-ring (bicyclic) bond motifs is 1. The van der Waals surface area contributed by atoms with E-state index in [0.29, 0.717) is 5.69 Å². The summed E-state index contributed by atoms with van der Waals surface area (Å²) in [5, 5.41) is 13.9. The number of nitrogens with zero attached hydrogens (tertiary/aromatic N) is 5. The minimum atomic E-state index is -4.64. The van der Waals surface area contributed by atoms with Crippen LogP contribution in [0.2, 0.25) is 0 Å². The van der Waals surface area contributed by atoms with Crippen LogP contribution in [0.3, 0.4) is 0 Å². The second kappa shape index (κ2) is 8.70. The molecule has 0 saturated heterocycles. The zero-order chi connectivity index (χ0) is 24.6. The number of hydrogen-bond acceptors (Lipinski definition) is 6. The molecule has 176 valence electrons. The van der Waals surface area contributed by atoms with Gasteiger partial charge in [0.2, 0.25) is 0 Å². The molecule has 0 saturated carbocycles. The molecule has 11 heteroatoms. The van der Waals surface area contributed by atoms with Gasteiger partial charge in [-0.05, 0) is 38.1 Å². The molecular formula is C23H20F3N5O3. The highest BCUT2D eigenvalue weighted by molar-refractivity contribution is 6.00. The molecule has 0 aliphatic carbocycles. The lowest BCUT2D eigenvalue weighted by atomic mass is 10.1. The van der Waals surface area contributed by atoms with Crippen molar-refractivity contribution in [3.8, 4) is 23.3 Å². The van der Waals surface area contributed by atoms with Gasteiger partial charge in [0.05, 0.1) is 30.6 Å². The van der Waals surface area contributed by atoms with E-state index in [2.05, 4.69) is 10.1 Å². The number of pyridine rings is 1. The number of halogens is 3. The van der Waals surface area contributed by atoms with E-state index in [9.17, 15) is 23.2 Å². The molecule has 0 spiro atoms. The van der Waals surface area contributed by atoms with Crippen molar-refractivity contribution in [2.24, 2.45) is 0 Å². The van der Waals surface area contributed by atoms with Gasteiger partial charge in [0.1, 0.15) is 17.4 Å². The van der Waals surface area contributed by atoms with Gasteiger partial charge in [0.25, 0.3) is 5.91 Å². The van der Waals surface area contributed by atoms with Crippen LogP contribution in [0.1, 0.15) is 39.8 Å². The zero-order valence-electron chi connectivity index (χ0n) is 18.6. The van der Waals surface area contributed by atoms with E-state index in [1.807, 2.05) is 25.1 Å². The third kappa shape index (κ3) is 4.26.